The molecular formula is C23H28N4O3. The Hall–Kier alpha value is -3.35. The van der Waals surface area contributed by atoms with Gasteiger partial charge in [0.2, 0.25) is 0 Å². The first-order valence-corrected chi connectivity index (χ1v) is 10.2. The highest BCUT2D eigenvalue weighted by Gasteiger charge is 2.14. The van der Waals surface area contributed by atoms with E-state index in [2.05, 4.69) is 22.8 Å². The molecule has 3 rings (SSSR count). The lowest BCUT2D eigenvalue weighted by molar-refractivity contribution is -0.130. The number of imidazole rings is 1. The Morgan fingerprint density at radius 1 is 1.03 bits per heavy atom. The summed E-state index contributed by atoms with van der Waals surface area (Å²) in [4.78, 5) is 29.1. The molecule has 0 aliphatic carbocycles. The van der Waals surface area contributed by atoms with Gasteiger partial charge >= 0.3 is 0 Å². The van der Waals surface area contributed by atoms with Gasteiger partial charge in [0.15, 0.2) is 6.61 Å². The normalized spacial score (nSPS) is 10.8. The SMILES string of the molecule is CCCCc1nc2ccccc2n1CC(=O)NNC(=O)COc1ccc(C)c(C)c1. The number of carbonyl (C=O) groups is 2. The Labute approximate surface area is 176 Å². The second-order valence-corrected chi connectivity index (χ2v) is 7.34. The summed E-state index contributed by atoms with van der Waals surface area (Å²) >= 11 is 0. The minimum absolute atomic E-state index is 0.0812. The van der Waals surface area contributed by atoms with Crippen LogP contribution in [0.15, 0.2) is 42.5 Å². The largest absolute Gasteiger partial charge is 0.484 e. The van der Waals surface area contributed by atoms with E-state index in [9.17, 15) is 9.59 Å². The summed E-state index contributed by atoms with van der Waals surface area (Å²) in [7, 11) is 0. The predicted octanol–water partition coefficient (Wildman–Crippen LogP) is 3.22. The molecule has 0 unspecified atom stereocenters. The van der Waals surface area contributed by atoms with Crippen molar-refractivity contribution in [2.24, 2.45) is 0 Å². The van der Waals surface area contributed by atoms with Crippen molar-refractivity contribution in [2.45, 2.75) is 46.6 Å². The van der Waals surface area contributed by atoms with Crippen LogP contribution in [0.5, 0.6) is 5.75 Å². The molecule has 3 aromatic rings. The van der Waals surface area contributed by atoms with Crippen LogP contribution in [-0.2, 0) is 22.6 Å². The van der Waals surface area contributed by atoms with Crippen molar-refractivity contribution in [1.29, 1.82) is 0 Å². The van der Waals surface area contributed by atoms with Crippen molar-refractivity contribution in [3.05, 3.63) is 59.4 Å². The predicted molar refractivity (Wildman–Crippen MR) is 116 cm³/mol. The van der Waals surface area contributed by atoms with Gasteiger partial charge in [0, 0.05) is 6.42 Å². The molecule has 0 bridgehead atoms. The molecule has 1 aromatic heterocycles. The monoisotopic (exact) mass is 408 g/mol. The fraction of sp³-hybridized carbons (Fsp3) is 0.348. The first-order valence-electron chi connectivity index (χ1n) is 10.2. The van der Waals surface area contributed by atoms with Gasteiger partial charge in [-0.25, -0.2) is 4.98 Å². The van der Waals surface area contributed by atoms with Crippen LogP contribution >= 0.6 is 0 Å². The third-order valence-corrected chi connectivity index (χ3v) is 4.98. The lowest BCUT2D eigenvalue weighted by Crippen LogP contribution is -2.45. The Morgan fingerprint density at radius 2 is 1.80 bits per heavy atom. The number of hydrazine groups is 1. The van der Waals surface area contributed by atoms with Gasteiger partial charge in [0.1, 0.15) is 18.1 Å². The second kappa shape index (κ2) is 9.91. The summed E-state index contributed by atoms with van der Waals surface area (Å²) in [6.45, 7) is 6.02. The zero-order valence-corrected chi connectivity index (χ0v) is 17.7. The van der Waals surface area contributed by atoms with Gasteiger partial charge in [-0.1, -0.05) is 31.5 Å². The number of rotatable bonds is 8. The molecule has 158 valence electrons. The van der Waals surface area contributed by atoms with Crippen molar-refractivity contribution in [2.75, 3.05) is 6.61 Å². The van der Waals surface area contributed by atoms with Crippen LogP contribution in [0.25, 0.3) is 11.0 Å². The van der Waals surface area contributed by atoms with Gasteiger partial charge in [-0.15, -0.1) is 0 Å². The van der Waals surface area contributed by atoms with Crippen molar-refractivity contribution < 1.29 is 14.3 Å². The Bertz CT molecular complexity index is 1040. The average molecular weight is 409 g/mol. The van der Waals surface area contributed by atoms with E-state index in [1.807, 2.05) is 60.9 Å². The Morgan fingerprint density at radius 3 is 2.57 bits per heavy atom. The van der Waals surface area contributed by atoms with E-state index in [1.54, 1.807) is 0 Å². The maximum absolute atomic E-state index is 12.4. The molecule has 2 aromatic carbocycles. The highest BCUT2D eigenvalue weighted by Crippen LogP contribution is 2.18. The fourth-order valence-electron chi connectivity index (χ4n) is 3.14. The number of aryl methyl sites for hydroxylation is 3. The zero-order chi connectivity index (χ0) is 21.5. The van der Waals surface area contributed by atoms with Crippen LogP contribution < -0.4 is 15.6 Å². The minimum atomic E-state index is -0.428. The maximum atomic E-state index is 12.4. The lowest BCUT2D eigenvalue weighted by atomic mass is 10.1. The van der Waals surface area contributed by atoms with Crippen LogP contribution in [0.2, 0.25) is 0 Å². The molecule has 2 N–H and O–H groups in total. The van der Waals surface area contributed by atoms with E-state index in [0.717, 1.165) is 47.2 Å². The number of nitrogens with one attached hydrogen (secondary N) is 2. The molecule has 7 heteroatoms. The maximum Gasteiger partial charge on any atom is 0.276 e. The van der Waals surface area contributed by atoms with Gasteiger partial charge in [-0.05, 0) is 55.7 Å². The molecule has 0 saturated heterocycles. The second-order valence-electron chi connectivity index (χ2n) is 7.34. The molecule has 0 spiro atoms. The van der Waals surface area contributed by atoms with E-state index in [1.165, 1.54) is 0 Å². The molecule has 0 aliphatic heterocycles. The molecule has 0 atom stereocenters. The third-order valence-electron chi connectivity index (χ3n) is 4.98. The number of hydrogen-bond acceptors (Lipinski definition) is 4. The quantitative estimate of drug-likeness (QED) is 0.561. The summed E-state index contributed by atoms with van der Waals surface area (Å²) in [6, 6.07) is 13.4. The lowest BCUT2D eigenvalue weighted by Gasteiger charge is -2.12. The van der Waals surface area contributed by atoms with E-state index >= 15 is 0 Å². The smallest absolute Gasteiger partial charge is 0.276 e. The number of hydrogen-bond donors (Lipinski definition) is 2. The highest BCUT2D eigenvalue weighted by molar-refractivity contribution is 5.84. The number of ether oxygens (including phenoxy) is 1. The van der Waals surface area contributed by atoms with Crippen molar-refractivity contribution >= 4 is 22.8 Å². The number of para-hydroxylation sites is 2. The zero-order valence-electron chi connectivity index (χ0n) is 17.7. The average Bonchev–Trinajstić information content (AvgIpc) is 3.09. The van der Waals surface area contributed by atoms with E-state index in [-0.39, 0.29) is 19.1 Å². The number of aromatic nitrogens is 2. The van der Waals surface area contributed by atoms with Crippen LogP contribution in [0.3, 0.4) is 0 Å². The van der Waals surface area contributed by atoms with Gasteiger partial charge in [0.05, 0.1) is 11.0 Å². The van der Waals surface area contributed by atoms with Crippen LogP contribution in [0.4, 0.5) is 0 Å². The molecule has 30 heavy (non-hydrogen) atoms. The number of benzene rings is 2. The molecule has 0 aliphatic rings. The fourth-order valence-corrected chi connectivity index (χ4v) is 3.14. The number of amides is 2. The number of unbranched alkanes of at least 4 members (excludes halogenated alkanes) is 1. The molecular weight excluding hydrogens is 380 g/mol. The molecule has 2 amide bonds. The highest BCUT2D eigenvalue weighted by atomic mass is 16.5. The van der Waals surface area contributed by atoms with Crippen LogP contribution in [-0.4, -0.2) is 28.0 Å². The van der Waals surface area contributed by atoms with Gasteiger partial charge < -0.3 is 9.30 Å². The Kier molecular flexibility index (Phi) is 7.06. The van der Waals surface area contributed by atoms with Gasteiger partial charge in [-0.2, -0.15) is 0 Å². The number of nitrogens with zero attached hydrogens (tertiary/aromatic N) is 2. The topological polar surface area (TPSA) is 85.3 Å². The summed E-state index contributed by atoms with van der Waals surface area (Å²) < 4.78 is 7.39. The van der Waals surface area contributed by atoms with Crippen molar-refractivity contribution in [3.63, 3.8) is 0 Å². The van der Waals surface area contributed by atoms with E-state index in [0.29, 0.717) is 5.75 Å². The van der Waals surface area contributed by atoms with Gasteiger partial charge in [0.25, 0.3) is 11.8 Å². The number of carbonyl (C=O) groups excluding carboxylic acids is 2. The Balaban J connectivity index is 1.55. The van der Waals surface area contributed by atoms with Gasteiger partial charge in [-0.3, -0.25) is 20.4 Å². The first-order chi connectivity index (χ1) is 14.5. The number of fused-ring (bicyclic) bond motifs is 1. The van der Waals surface area contributed by atoms with Crippen LogP contribution in [0, 0.1) is 13.8 Å². The molecule has 7 nitrogen and oxygen atoms in total. The molecule has 1 heterocycles. The summed E-state index contributed by atoms with van der Waals surface area (Å²) in [6.07, 6.45) is 2.85. The molecule has 0 radical (unpaired) electrons. The molecule has 0 fully saturated rings. The summed E-state index contributed by atoms with van der Waals surface area (Å²) in [5.41, 5.74) is 8.88. The standard InChI is InChI=1S/C23H28N4O3/c1-4-5-10-21-24-19-8-6-7-9-20(19)27(21)14-22(28)25-26-23(29)15-30-18-12-11-16(2)17(3)13-18/h6-9,11-13H,4-5,10,14-15H2,1-3H3,(H,25,28)(H,26,29). The van der Waals surface area contributed by atoms with Crippen LogP contribution in [0.1, 0.15) is 36.7 Å². The van der Waals surface area contributed by atoms with Crippen molar-refractivity contribution in [3.8, 4) is 5.75 Å². The van der Waals surface area contributed by atoms with E-state index < -0.39 is 5.91 Å². The first kappa shape index (κ1) is 21.4. The summed E-state index contributed by atoms with van der Waals surface area (Å²) in [5.74, 6) is 0.737. The summed E-state index contributed by atoms with van der Waals surface area (Å²) in [5, 5.41) is 0. The van der Waals surface area contributed by atoms with Crippen molar-refractivity contribution in [1.82, 2.24) is 20.4 Å². The minimum Gasteiger partial charge on any atom is -0.484 e. The molecule has 0 saturated carbocycles. The van der Waals surface area contributed by atoms with E-state index in [4.69, 9.17) is 4.74 Å². The third kappa shape index (κ3) is 5.37.